The van der Waals surface area contributed by atoms with Gasteiger partial charge in [0.15, 0.2) is 0 Å². The number of aliphatic hydroxyl groups is 1. The summed E-state index contributed by atoms with van der Waals surface area (Å²) in [7, 11) is 0. The van der Waals surface area contributed by atoms with E-state index in [0.29, 0.717) is 0 Å². The summed E-state index contributed by atoms with van der Waals surface area (Å²) >= 11 is 0. The lowest BCUT2D eigenvalue weighted by atomic mass is 9.72. The highest BCUT2D eigenvalue weighted by atomic mass is 16.3. The lowest BCUT2D eigenvalue weighted by molar-refractivity contribution is 0.0795. The molecule has 0 amide bonds. The van der Waals surface area contributed by atoms with Gasteiger partial charge in [0.25, 0.3) is 0 Å². The van der Waals surface area contributed by atoms with Crippen LogP contribution in [0.5, 0.6) is 0 Å². The van der Waals surface area contributed by atoms with Gasteiger partial charge in [-0.25, -0.2) is 0 Å². The fourth-order valence-electron chi connectivity index (χ4n) is 15.2. The second-order valence-electron chi connectivity index (χ2n) is 25.9. The van der Waals surface area contributed by atoms with Gasteiger partial charge < -0.3 is 15.7 Å². The summed E-state index contributed by atoms with van der Waals surface area (Å²) in [6.07, 6.45) is 0. The molecule has 3 aliphatic rings. The molecule has 3 nitrogen and oxygen atoms in total. The topological polar surface area (TPSA) is 44.3 Å². The SMILES string of the molecule is CC(C)(O)c1cc2ccccc2cc1Nc1ccc2c(c1)C(C)(C)c1cc3c4ccccc4c4ccccc4c3cc1-2.CC1(C)c2cc3c(cc2Nc2cc4ccccc4cc21)C(C)(C)c1cc2c4ccccc4c4ccccc4c2cc1-3. The standard InChI is InChI=1S/C40H33NO.C40H31N/c1-39(2)35-21-26(41-38-20-25-12-6-5-11-24(25)19-37(38)40(3,4)42)17-18-31(35)34-22-32-29-15-9-7-13-27(29)28-14-8-10-16-30(28)33(32)23-36(34)39;1-39(2)33-20-30-28-16-10-8-14-26(28)25-13-7-9-15-27(25)29(30)19-31(33)32-21-36-38(22-34(32)39)41-37-18-24-12-6-5-11-23(24)17-35(37)40(36,3)4/h5-23,41-42H,1-4H3;5-22,41H,1-4H3. The average molecular weight is 1070 g/mol. The second kappa shape index (κ2) is 17.4. The van der Waals surface area contributed by atoms with Gasteiger partial charge in [0, 0.05) is 44.6 Å². The predicted molar refractivity (Wildman–Crippen MR) is 355 cm³/mol. The Morgan fingerprint density at radius 3 is 1.16 bits per heavy atom. The van der Waals surface area contributed by atoms with Crippen LogP contribution in [0, 0.1) is 0 Å². The lowest BCUT2D eigenvalue weighted by Gasteiger charge is -2.37. The highest BCUT2D eigenvalue weighted by Gasteiger charge is 2.41. The normalized spacial score (nSPS) is 15.0. The molecule has 0 spiro atoms. The van der Waals surface area contributed by atoms with Crippen LogP contribution in [-0.4, -0.2) is 5.11 Å². The van der Waals surface area contributed by atoms with Crippen molar-refractivity contribution in [3.8, 4) is 22.3 Å². The van der Waals surface area contributed by atoms with E-state index in [1.165, 1.54) is 142 Å². The summed E-state index contributed by atoms with van der Waals surface area (Å²) in [5.74, 6) is 0. The van der Waals surface area contributed by atoms with Crippen molar-refractivity contribution in [3.05, 3.63) is 263 Å². The van der Waals surface area contributed by atoms with E-state index in [-0.39, 0.29) is 16.2 Å². The Balaban J connectivity index is 0.000000136. The molecule has 3 heteroatoms. The van der Waals surface area contributed by atoms with E-state index in [1.807, 2.05) is 19.9 Å². The molecule has 14 aromatic rings. The summed E-state index contributed by atoms with van der Waals surface area (Å²) in [4.78, 5) is 0. The maximum absolute atomic E-state index is 11.1. The van der Waals surface area contributed by atoms with Crippen LogP contribution in [0.15, 0.2) is 224 Å². The summed E-state index contributed by atoms with van der Waals surface area (Å²) < 4.78 is 0. The minimum atomic E-state index is -0.982. The number of nitrogens with one attached hydrogen (secondary N) is 2. The Kier molecular flexibility index (Phi) is 10.4. The molecule has 0 radical (unpaired) electrons. The Morgan fingerprint density at radius 1 is 0.313 bits per heavy atom. The molecular formula is C80H64N2O. The van der Waals surface area contributed by atoms with Crippen LogP contribution in [0.3, 0.4) is 0 Å². The third-order valence-electron chi connectivity index (χ3n) is 19.5. The van der Waals surface area contributed by atoms with E-state index >= 15 is 0 Å². The van der Waals surface area contributed by atoms with Crippen molar-refractivity contribution in [2.45, 2.75) is 77.2 Å². The number of rotatable bonds is 3. The zero-order valence-corrected chi connectivity index (χ0v) is 48.3. The summed E-state index contributed by atoms with van der Waals surface area (Å²) in [6, 6.07) is 82.9. The molecule has 0 aromatic heterocycles. The van der Waals surface area contributed by atoms with E-state index < -0.39 is 5.60 Å². The van der Waals surface area contributed by atoms with Crippen LogP contribution in [0.1, 0.15) is 94.3 Å². The molecule has 83 heavy (non-hydrogen) atoms. The van der Waals surface area contributed by atoms with E-state index in [4.69, 9.17) is 0 Å². The third-order valence-corrected chi connectivity index (χ3v) is 19.5. The Labute approximate surface area is 484 Å². The van der Waals surface area contributed by atoms with Crippen molar-refractivity contribution in [2.75, 3.05) is 10.6 Å². The van der Waals surface area contributed by atoms with E-state index in [1.54, 1.807) is 0 Å². The molecule has 0 saturated carbocycles. The Morgan fingerprint density at radius 2 is 0.663 bits per heavy atom. The first kappa shape index (κ1) is 49.5. The van der Waals surface area contributed by atoms with Crippen molar-refractivity contribution >= 4 is 109 Å². The van der Waals surface area contributed by atoms with Gasteiger partial charge in [0.05, 0.1) is 5.60 Å². The highest BCUT2D eigenvalue weighted by molar-refractivity contribution is 6.27. The molecule has 1 heterocycles. The fraction of sp³-hybridized carbons (Fsp3) is 0.150. The van der Waals surface area contributed by atoms with Crippen LogP contribution in [-0.2, 0) is 21.8 Å². The van der Waals surface area contributed by atoms with Gasteiger partial charge in [-0.05, 0) is 228 Å². The summed E-state index contributed by atoms with van der Waals surface area (Å²) in [6.45, 7) is 17.9. The first-order valence-corrected chi connectivity index (χ1v) is 29.4. The van der Waals surface area contributed by atoms with Crippen LogP contribution in [0.4, 0.5) is 22.7 Å². The molecule has 1 aliphatic heterocycles. The molecule has 0 unspecified atom stereocenters. The maximum atomic E-state index is 11.1. The van der Waals surface area contributed by atoms with Gasteiger partial charge in [-0.3, -0.25) is 0 Å². The van der Waals surface area contributed by atoms with Crippen LogP contribution in [0.2, 0.25) is 0 Å². The number of hydrogen-bond donors (Lipinski definition) is 3. The molecule has 400 valence electrons. The van der Waals surface area contributed by atoms with Gasteiger partial charge in [0.2, 0.25) is 0 Å². The Hall–Kier alpha value is -9.28. The van der Waals surface area contributed by atoms with E-state index in [2.05, 4.69) is 271 Å². The van der Waals surface area contributed by atoms with Gasteiger partial charge in [-0.2, -0.15) is 0 Å². The Bertz CT molecular complexity index is 5160. The molecule has 0 saturated heterocycles. The molecule has 2 aliphatic carbocycles. The van der Waals surface area contributed by atoms with E-state index in [9.17, 15) is 5.11 Å². The zero-order valence-electron chi connectivity index (χ0n) is 48.3. The fourth-order valence-corrected chi connectivity index (χ4v) is 15.2. The third kappa shape index (κ3) is 7.27. The molecule has 0 bridgehead atoms. The van der Waals surface area contributed by atoms with Gasteiger partial charge in [-0.1, -0.05) is 193 Å². The number of hydrogen-bond acceptors (Lipinski definition) is 3. The quantitative estimate of drug-likeness (QED) is 0.155. The van der Waals surface area contributed by atoms with Gasteiger partial charge in [0.1, 0.15) is 0 Å². The first-order chi connectivity index (χ1) is 40.0. The second-order valence-corrected chi connectivity index (χ2v) is 25.9. The number of fused-ring (bicyclic) bond motifs is 22. The minimum Gasteiger partial charge on any atom is -0.386 e. The number of benzene rings is 14. The van der Waals surface area contributed by atoms with Crippen molar-refractivity contribution in [1.29, 1.82) is 0 Å². The summed E-state index contributed by atoms with van der Waals surface area (Å²) in [5.41, 5.74) is 17.5. The molecule has 14 aromatic carbocycles. The predicted octanol–water partition coefficient (Wildman–Crippen LogP) is 21.6. The van der Waals surface area contributed by atoms with Crippen LogP contribution in [0.25, 0.3) is 108 Å². The van der Waals surface area contributed by atoms with Crippen molar-refractivity contribution in [3.63, 3.8) is 0 Å². The zero-order chi connectivity index (χ0) is 56.5. The van der Waals surface area contributed by atoms with Gasteiger partial charge >= 0.3 is 0 Å². The average Bonchev–Trinajstić information content (AvgIpc) is 3.41. The maximum Gasteiger partial charge on any atom is 0.0860 e. The lowest BCUT2D eigenvalue weighted by Crippen LogP contribution is -2.26. The van der Waals surface area contributed by atoms with Crippen LogP contribution < -0.4 is 10.6 Å². The van der Waals surface area contributed by atoms with Crippen molar-refractivity contribution < 1.29 is 5.11 Å². The van der Waals surface area contributed by atoms with Crippen molar-refractivity contribution in [2.24, 2.45) is 0 Å². The molecule has 17 rings (SSSR count). The number of anilines is 4. The van der Waals surface area contributed by atoms with Crippen molar-refractivity contribution in [1.82, 2.24) is 0 Å². The first-order valence-electron chi connectivity index (χ1n) is 29.4. The van der Waals surface area contributed by atoms with E-state index in [0.717, 1.165) is 27.7 Å². The molecular weight excluding hydrogens is 1000 g/mol. The largest absolute Gasteiger partial charge is 0.386 e. The highest BCUT2D eigenvalue weighted by Crippen LogP contribution is 2.57. The minimum absolute atomic E-state index is 0.101. The monoisotopic (exact) mass is 1070 g/mol. The van der Waals surface area contributed by atoms with Gasteiger partial charge in [-0.15, -0.1) is 0 Å². The smallest absolute Gasteiger partial charge is 0.0860 e. The molecule has 3 N–H and O–H groups in total. The molecule has 0 atom stereocenters. The molecule has 0 fully saturated rings. The summed E-state index contributed by atoms with van der Waals surface area (Å²) in [5, 5.41) is 39.3. The van der Waals surface area contributed by atoms with Crippen LogP contribution >= 0.6 is 0 Å².